The van der Waals surface area contributed by atoms with Gasteiger partial charge in [0.2, 0.25) is 0 Å². The molecule has 0 aliphatic rings. The summed E-state index contributed by atoms with van der Waals surface area (Å²) in [6.07, 6.45) is 0. The largest absolute Gasteiger partial charge is 0.451 e. The van der Waals surface area contributed by atoms with E-state index in [4.69, 9.17) is 16.0 Å². The van der Waals surface area contributed by atoms with Gasteiger partial charge in [-0.15, -0.1) is 0 Å². The Hall–Kier alpha value is -1.82. The van der Waals surface area contributed by atoms with E-state index in [1.165, 1.54) is 5.56 Å². The van der Waals surface area contributed by atoms with Crippen molar-refractivity contribution in [3.05, 3.63) is 57.4 Å². The van der Waals surface area contributed by atoms with E-state index in [0.29, 0.717) is 22.9 Å². The zero-order valence-corrected chi connectivity index (χ0v) is 14.4. The molecule has 0 radical (unpaired) electrons. The summed E-state index contributed by atoms with van der Waals surface area (Å²) in [7, 11) is 4.00. The standard InChI is InChI=1S/C17H17ClN2O2S/c1-20(2)14(11-5-6-23-10-11)9-19-17(21)16-8-12-7-13(18)3-4-15(12)22-16/h3-8,10,14H,9H2,1-2H3,(H,19,21). The molecule has 0 saturated heterocycles. The Morgan fingerprint density at radius 1 is 1.35 bits per heavy atom. The maximum Gasteiger partial charge on any atom is 0.287 e. The maximum absolute atomic E-state index is 12.3. The Morgan fingerprint density at radius 3 is 2.87 bits per heavy atom. The number of carbonyl (C=O) groups is 1. The van der Waals surface area contributed by atoms with E-state index in [9.17, 15) is 4.79 Å². The third-order valence-electron chi connectivity index (χ3n) is 3.71. The fourth-order valence-electron chi connectivity index (χ4n) is 2.47. The number of nitrogens with zero attached hydrogens (tertiary/aromatic N) is 1. The van der Waals surface area contributed by atoms with Gasteiger partial charge < -0.3 is 14.6 Å². The van der Waals surface area contributed by atoms with E-state index in [1.807, 2.05) is 19.5 Å². The summed E-state index contributed by atoms with van der Waals surface area (Å²) in [6, 6.07) is 9.21. The average molecular weight is 349 g/mol. The third-order valence-corrected chi connectivity index (χ3v) is 4.65. The predicted molar refractivity (Wildman–Crippen MR) is 94.3 cm³/mol. The van der Waals surface area contributed by atoms with Crippen molar-refractivity contribution in [2.45, 2.75) is 6.04 Å². The highest BCUT2D eigenvalue weighted by atomic mass is 35.5. The molecule has 2 heterocycles. The molecule has 3 aromatic rings. The van der Waals surface area contributed by atoms with Crippen LogP contribution in [0.1, 0.15) is 22.2 Å². The lowest BCUT2D eigenvalue weighted by Crippen LogP contribution is -2.34. The number of nitrogens with one attached hydrogen (secondary N) is 1. The van der Waals surface area contributed by atoms with Crippen LogP contribution >= 0.6 is 22.9 Å². The molecule has 2 aromatic heterocycles. The molecule has 4 nitrogen and oxygen atoms in total. The number of fused-ring (bicyclic) bond motifs is 1. The van der Waals surface area contributed by atoms with Gasteiger partial charge in [-0.2, -0.15) is 11.3 Å². The van der Waals surface area contributed by atoms with Crippen molar-refractivity contribution in [2.75, 3.05) is 20.6 Å². The summed E-state index contributed by atoms with van der Waals surface area (Å²) in [5.41, 5.74) is 1.85. The first-order chi connectivity index (χ1) is 11.0. The first kappa shape index (κ1) is 16.1. The summed E-state index contributed by atoms with van der Waals surface area (Å²) in [4.78, 5) is 14.4. The van der Waals surface area contributed by atoms with Crippen molar-refractivity contribution < 1.29 is 9.21 Å². The van der Waals surface area contributed by atoms with Crippen LogP contribution in [0.4, 0.5) is 0 Å². The molecule has 1 unspecified atom stereocenters. The van der Waals surface area contributed by atoms with Gasteiger partial charge in [-0.1, -0.05) is 11.6 Å². The molecule has 0 aliphatic heterocycles. The van der Waals surface area contributed by atoms with Crippen LogP contribution in [0.25, 0.3) is 11.0 Å². The number of hydrogen-bond acceptors (Lipinski definition) is 4. The number of likely N-dealkylation sites (N-methyl/N-ethyl adjacent to an activating group) is 1. The molecular weight excluding hydrogens is 332 g/mol. The summed E-state index contributed by atoms with van der Waals surface area (Å²) in [5.74, 6) is 0.0736. The van der Waals surface area contributed by atoms with Crippen LogP contribution in [0.3, 0.4) is 0 Å². The molecule has 3 rings (SSSR count). The lowest BCUT2D eigenvalue weighted by atomic mass is 10.1. The minimum atomic E-state index is -0.223. The molecule has 1 amide bonds. The fourth-order valence-corrected chi connectivity index (χ4v) is 3.35. The molecule has 0 saturated carbocycles. The maximum atomic E-state index is 12.3. The van der Waals surface area contributed by atoms with Crippen molar-refractivity contribution in [1.29, 1.82) is 0 Å². The second-order valence-corrected chi connectivity index (χ2v) is 6.76. The molecule has 6 heteroatoms. The van der Waals surface area contributed by atoms with Crippen LogP contribution in [-0.2, 0) is 0 Å². The second-order valence-electron chi connectivity index (χ2n) is 5.54. The Bertz CT molecular complexity index is 811. The van der Waals surface area contributed by atoms with E-state index in [-0.39, 0.29) is 11.9 Å². The van der Waals surface area contributed by atoms with Gasteiger partial charge in [-0.25, -0.2) is 0 Å². The number of thiophene rings is 1. The molecular formula is C17H17ClN2O2S. The highest BCUT2D eigenvalue weighted by molar-refractivity contribution is 7.07. The van der Waals surface area contributed by atoms with Crippen molar-refractivity contribution in [1.82, 2.24) is 10.2 Å². The molecule has 120 valence electrons. The van der Waals surface area contributed by atoms with E-state index < -0.39 is 0 Å². The lowest BCUT2D eigenvalue weighted by molar-refractivity contribution is 0.0916. The van der Waals surface area contributed by atoms with Gasteiger partial charge >= 0.3 is 0 Å². The highest BCUT2D eigenvalue weighted by Gasteiger charge is 2.18. The zero-order valence-electron chi connectivity index (χ0n) is 12.9. The molecule has 0 spiro atoms. The molecule has 1 atom stereocenters. The lowest BCUT2D eigenvalue weighted by Gasteiger charge is -2.23. The zero-order chi connectivity index (χ0) is 16.4. The Kier molecular flexibility index (Phi) is 4.71. The van der Waals surface area contributed by atoms with E-state index in [0.717, 1.165) is 5.39 Å². The summed E-state index contributed by atoms with van der Waals surface area (Å²) in [5, 5.41) is 8.52. The minimum absolute atomic E-state index is 0.129. The Balaban J connectivity index is 1.72. The minimum Gasteiger partial charge on any atom is -0.451 e. The SMILES string of the molecule is CN(C)C(CNC(=O)c1cc2cc(Cl)ccc2o1)c1ccsc1. The van der Waals surface area contributed by atoms with Crippen molar-refractivity contribution in [3.8, 4) is 0 Å². The van der Waals surface area contributed by atoms with Gasteiger partial charge in [0.05, 0.1) is 6.04 Å². The van der Waals surface area contributed by atoms with Gasteiger partial charge in [0.15, 0.2) is 5.76 Å². The number of carbonyl (C=O) groups excluding carboxylic acids is 1. The second kappa shape index (κ2) is 6.74. The molecule has 23 heavy (non-hydrogen) atoms. The topological polar surface area (TPSA) is 45.5 Å². The van der Waals surface area contributed by atoms with E-state index in [2.05, 4.69) is 21.7 Å². The summed E-state index contributed by atoms with van der Waals surface area (Å²) in [6.45, 7) is 0.514. The van der Waals surface area contributed by atoms with Crippen LogP contribution in [0.15, 0.2) is 45.5 Å². The van der Waals surface area contributed by atoms with E-state index >= 15 is 0 Å². The Labute approximate surface area is 143 Å². The number of furan rings is 1. The van der Waals surface area contributed by atoms with Crippen LogP contribution in [-0.4, -0.2) is 31.4 Å². The number of hydrogen-bond donors (Lipinski definition) is 1. The smallest absolute Gasteiger partial charge is 0.287 e. The molecule has 0 bridgehead atoms. The fraction of sp³-hybridized carbons (Fsp3) is 0.235. The predicted octanol–water partition coefficient (Wildman–Crippen LogP) is 4.18. The monoisotopic (exact) mass is 348 g/mol. The highest BCUT2D eigenvalue weighted by Crippen LogP contribution is 2.24. The first-order valence-electron chi connectivity index (χ1n) is 7.20. The van der Waals surface area contributed by atoms with Crippen molar-refractivity contribution in [3.63, 3.8) is 0 Å². The number of amides is 1. The molecule has 1 aromatic carbocycles. The van der Waals surface area contributed by atoms with Crippen molar-refractivity contribution >= 4 is 39.8 Å². The van der Waals surface area contributed by atoms with Crippen molar-refractivity contribution in [2.24, 2.45) is 0 Å². The van der Waals surface area contributed by atoms with Crippen LogP contribution in [0.5, 0.6) is 0 Å². The average Bonchev–Trinajstić information content (AvgIpc) is 3.15. The van der Waals surface area contributed by atoms with Crippen LogP contribution in [0, 0.1) is 0 Å². The van der Waals surface area contributed by atoms with Gasteiger partial charge in [-0.05, 0) is 60.8 Å². The summed E-state index contributed by atoms with van der Waals surface area (Å²) >= 11 is 7.61. The number of halogens is 1. The van der Waals surface area contributed by atoms with Crippen LogP contribution in [0.2, 0.25) is 5.02 Å². The van der Waals surface area contributed by atoms with Gasteiger partial charge in [0.1, 0.15) is 5.58 Å². The van der Waals surface area contributed by atoms with Gasteiger partial charge in [-0.3, -0.25) is 4.79 Å². The third kappa shape index (κ3) is 3.58. The quantitative estimate of drug-likeness (QED) is 0.752. The number of benzene rings is 1. The van der Waals surface area contributed by atoms with Gasteiger partial charge in [0.25, 0.3) is 5.91 Å². The number of rotatable bonds is 5. The normalized spacial score (nSPS) is 12.7. The molecule has 1 N–H and O–H groups in total. The first-order valence-corrected chi connectivity index (χ1v) is 8.52. The van der Waals surface area contributed by atoms with E-state index in [1.54, 1.807) is 35.6 Å². The molecule has 0 fully saturated rings. The van der Waals surface area contributed by atoms with Gasteiger partial charge in [0, 0.05) is 17.0 Å². The van der Waals surface area contributed by atoms with Crippen LogP contribution < -0.4 is 5.32 Å². The Morgan fingerprint density at radius 2 is 2.17 bits per heavy atom. The summed E-state index contributed by atoms with van der Waals surface area (Å²) < 4.78 is 5.59. The molecule has 0 aliphatic carbocycles.